The summed E-state index contributed by atoms with van der Waals surface area (Å²) in [6.45, 7) is 1.20. The molecule has 1 N–H and O–H groups in total. The number of quaternary nitrogens is 1. The molecule has 0 saturated heterocycles. The molecule has 1 aromatic rings. The summed E-state index contributed by atoms with van der Waals surface area (Å²) in [6.07, 6.45) is 0.824. The molecule has 5 heteroatoms. The normalized spacial score (nSPS) is 10.4. The van der Waals surface area contributed by atoms with Gasteiger partial charge in [0, 0.05) is 6.42 Å². The highest BCUT2D eigenvalue weighted by atomic mass is 19.1. The van der Waals surface area contributed by atoms with E-state index in [2.05, 4.69) is 0 Å². The van der Waals surface area contributed by atoms with Gasteiger partial charge in [-0.2, -0.15) is 0 Å². The molecular weight excluding hydrogens is 237 g/mol. The van der Waals surface area contributed by atoms with Crippen molar-refractivity contribution >= 4 is 5.97 Å². The lowest BCUT2D eigenvalue weighted by atomic mass is 10.3. The van der Waals surface area contributed by atoms with Crippen molar-refractivity contribution in [3.8, 4) is 5.75 Å². The number of carbonyl (C=O) groups excluding carboxylic acids is 1. The number of rotatable bonds is 7. The van der Waals surface area contributed by atoms with E-state index in [0.717, 1.165) is 13.0 Å². The Morgan fingerprint density at radius 2 is 1.94 bits per heavy atom. The van der Waals surface area contributed by atoms with E-state index in [1.807, 2.05) is 14.1 Å². The number of hydrogen-bond donors (Lipinski definition) is 1. The number of halogens is 1. The fraction of sp³-hybridized carbons (Fsp3) is 0.462. The Bertz CT molecular complexity index is 365. The van der Waals surface area contributed by atoms with E-state index in [4.69, 9.17) is 9.47 Å². The summed E-state index contributed by atoms with van der Waals surface area (Å²) < 4.78 is 22.7. The van der Waals surface area contributed by atoms with Gasteiger partial charge in [0.05, 0.1) is 27.2 Å². The first-order chi connectivity index (χ1) is 8.58. The fourth-order valence-corrected chi connectivity index (χ4v) is 1.33. The molecule has 1 aromatic carbocycles. The van der Waals surface area contributed by atoms with Crippen molar-refractivity contribution in [2.75, 3.05) is 33.9 Å². The van der Waals surface area contributed by atoms with Crippen LogP contribution in [0, 0.1) is 5.82 Å². The van der Waals surface area contributed by atoms with Gasteiger partial charge in [-0.05, 0) is 24.3 Å². The van der Waals surface area contributed by atoms with E-state index in [9.17, 15) is 9.18 Å². The molecule has 0 aliphatic rings. The molecule has 1 rings (SSSR count). The Kier molecular flexibility index (Phi) is 6.14. The zero-order valence-corrected chi connectivity index (χ0v) is 10.7. The van der Waals surface area contributed by atoms with Crippen LogP contribution in [0.1, 0.15) is 6.42 Å². The average Bonchev–Trinajstić information content (AvgIpc) is 2.34. The van der Waals surface area contributed by atoms with Crippen LogP contribution in [-0.2, 0) is 9.53 Å². The zero-order valence-electron chi connectivity index (χ0n) is 10.7. The lowest BCUT2D eigenvalue weighted by Gasteiger charge is -2.08. The lowest BCUT2D eigenvalue weighted by Crippen LogP contribution is -3.05. The first-order valence-corrected chi connectivity index (χ1v) is 5.91. The first kappa shape index (κ1) is 14.4. The van der Waals surface area contributed by atoms with E-state index in [1.54, 1.807) is 0 Å². The van der Waals surface area contributed by atoms with E-state index in [0.29, 0.717) is 12.4 Å². The molecule has 100 valence electrons. The smallest absolute Gasteiger partial charge is 0.344 e. The predicted octanol–water partition coefficient (Wildman–Crippen LogP) is 0.282. The SMILES string of the molecule is C[NH+](C)CCCOC(=O)COc1ccc(F)cc1. The molecule has 0 bridgehead atoms. The van der Waals surface area contributed by atoms with Crippen LogP contribution in [0.25, 0.3) is 0 Å². The van der Waals surface area contributed by atoms with E-state index < -0.39 is 5.97 Å². The minimum absolute atomic E-state index is 0.152. The largest absolute Gasteiger partial charge is 0.482 e. The second-order valence-corrected chi connectivity index (χ2v) is 4.27. The minimum Gasteiger partial charge on any atom is -0.482 e. The quantitative estimate of drug-likeness (QED) is 0.563. The summed E-state index contributed by atoms with van der Waals surface area (Å²) >= 11 is 0. The van der Waals surface area contributed by atoms with Gasteiger partial charge < -0.3 is 14.4 Å². The molecule has 0 aromatic heterocycles. The van der Waals surface area contributed by atoms with E-state index >= 15 is 0 Å². The van der Waals surface area contributed by atoms with E-state index in [-0.39, 0.29) is 12.4 Å². The summed E-state index contributed by atoms with van der Waals surface area (Å²) in [6, 6.07) is 5.50. The maximum atomic E-state index is 12.6. The highest BCUT2D eigenvalue weighted by molar-refractivity contribution is 5.71. The zero-order chi connectivity index (χ0) is 13.4. The number of benzene rings is 1. The maximum absolute atomic E-state index is 12.6. The summed E-state index contributed by atoms with van der Waals surface area (Å²) in [5.74, 6) is -0.296. The predicted molar refractivity (Wildman–Crippen MR) is 65.1 cm³/mol. The van der Waals surface area contributed by atoms with Gasteiger partial charge in [0.15, 0.2) is 6.61 Å². The Morgan fingerprint density at radius 1 is 1.28 bits per heavy atom. The molecule has 4 nitrogen and oxygen atoms in total. The summed E-state index contributed by atoms with van der Waals surface area (Å²) in [5, 5.41) is 0. The van der Waals surface area contributed by atoms with Crippen LogP contribution in [-0.4, -0.2) is 39.8 Å². The molecule has 0 fully saturated rings. The molecule has 0 saturated carbocycles. The molecule has 18 heavy (non-hydrogen) atoms. The maximum Gasteiger partial charge on any atom is 0.344 e. The Balaban J connectivity index is 2.15. The van der Waals surface area contributed by atoms with Crippen LogP contribution >= 0.6 is 0 Å². The van der Waals surface area contributed by atoms with Gasteiger partial charge in [0.25, 0.3) is 0 Å². The third kappa shape index (κ3) is 6.20. The third-order valence-corrected chi connectivity index (χ3v) is 2.25. The van der Waals surface area contributed by atoms with Crippen molar-refractivity contribution in [3.05, 3.63) is 30.1 Å². The van der Waals surface area contributed by atoms with Crippen LogP contribution in [0.5, 0.6) is 5.75 Å². The van der Waals surface area contributed by atoms with Crippen molar-refractivity contribution in [2.24, 2.45) is 0 Å². The molecule has 0 unspecified atom stereocenters. The van der Waals surface area contributed by atoms with Gasteiger partial charge in [-0.15, -0.1) is 0 Å². The fourth-order valence-electron chi connectivity index (χ4n) is 1.33. The van der Waals surface area contributed by atoms with Crippen LogP contribution in [0.3, 0.4) is 0 Å². The highest BCUT2D eigenvalue weighted by Crippen LogP contribution is 2.10. The van der Waals surface area contributed by atoms with Crippen molar-refractivity contribution in [1.82, 2.24) is 0 Å². The number of hydrogen-bond acceptors (Lipinski definition) is 3. The monoisotopic (exact) mass is 256 g/mol. The molecule has 0 spiro atoms. The van der Waals surface area contributed by atoms with Crippen LogP contribution in [0.4, 0.5) is 4.39 Å². The highest BCUT2D eigenvalue weighted by Gasteiger charge is 2.04. The second-order valence-electron chi connectivity index (χ2n) is 4.27. The Hall–Kier alpha value is -1.62. The average molecular weight is 256 g/mol. The molecule has 0 aliphatic carbocycles. The second kappa shape index (κ2) is 7.66. The third-order valence-electron chi connectivity index (χ3n) is 2.25. The minimum atomic E-state index is -0.409. The molecule has 0 atom stereocenters. The molecular formula is C13H19FNO3+. The Labute approximate surface area is 106 Å². The number of nitrogens with one attached hydrogen (secondary N) is 1. The van der Waals surface area contributed by atoms with Gasteiger partial charge in [-0.1, -0.05) is 0 Å². The van der Waals surface area contributed by atoms with Crippen molar-refractivity contribution in [1.29, 1.82) is 0 Å². The standard InChI is InChI=1S/C13H18FNO3/c1-15(2)8-3-9-17-13(16)10-18-12-6-4-11(14)5-7-12/h4-7H,3,8-10H2,1-2H3/p+1. The first-order valence-electron chi connectivity index (χ1n) is 5.91. The van der Waals surface area contributed by atoms with Gasteiger partial charge in [0.1, 0.15) is 11.6 Å². The number of ether oxygens (including phenoxy) is 2. The Morgan fingerprint density at radius 3 is 2.56 bits per heavy atom. The van der Waals surface area contributed by atoms with Crippen molar-refractivity contribution < 1.29 is 23.6 Å². The summed E-state index contributed by atoms with van der Waals surface area (Å²) in [7, 11) is 4.08. The lowest BCUT2D eigenvalue weighted by molar-refractivity contribution is -0.858. The number of carbonyl (C=O) groups is 1. The topological polar surface area (TPSA) is 40.0 Å². The number of esters is 1. The van der Waals surface area contributed by atoms with Crippen LogP contribution < -0.4 is 9.64 Å². The van der Waals surface area contributed by atoms with Gasteiger partial charge in [-0.25, -0.2) is 9.18 Å². The molecule has 0 aliphatic heterocycles. The molecule has 0 radical (unpaired) electrons. The van der Waals surface area contributed by atoms with E-state index in [1.165, 1.54) is 29.2 Å². The van der Waals surface area contributed by atoms with Crippen molar-refractivity contribution in [3.63, 3.8) is 0 Å². The molecule has 0 heterocycles. The van der Waals surface area contributed by atoms with Gasteiger partial charge >= 0.3 is 5.97 Å². The summed E-state index contributed by atoms with van der Waals surface area (Å²) in [4.78, 5) is 12.6. The van der Waals surface area contributed by atoms with Gasteiger partial charge in [0.2, 0.25) is 0 Å². The van der Waals surface area contributed by atoms with Crippen molar-refractivity contribution in [2.45, 2.75) is 6.42 Å². The molecule has 0 amide bonds. The summed E-state index contributed by atoms with van der Waals surface area (Å²) in [5.41, 5.74) is 0. The van der Waals surface area contributed by atoms with Crippen LogP contribution in [0.2, 0.25) is 0 Å². The van der Waals surface area contributed by atoms with Crippen LogP contribution in [0.15, 0.2) is 24.3 Å². The van der Waals surface area contributed by atoms with Gasteiger partial charge in [-0.3, -0.25) is 0 Å².